The zero-order valence-corrected chi connectivity index (χ0v) is 7.76. The Morgan fingerprint density at radius 3 is 3.15 bits per heavy atom. The molecule has 0 aliphatic heterocycles. The van der Waals surface area contributed by atoms with E-state index in [1.807, 2.05) is 6.07 Å². The average molecular weight is 193 g/mol. The van der Waals surface area contributed by atoms with Crippen molar-refractivity contribution in [3.8, 4) is 6.07 Å². The maximum absolute atomic E-state index is 10.4. The minimum Gasteiger partial charge on any atom is -0.274 e. The number of rotatable bonds is 2. The van der Waals surface area contributed by atoms with E-state index in [1.165, 1.54) is 24.5 Å². The third-order valence-corrected chi connectivity index (χ3v) is 2.03. The van der Waals surface area contributed by atoms with E-state index in [2.05, 4.69) is 10.5 Å². The normalized spacial score (nSPS) is 9.85. The van der Waals surface area contributed by atoms with Crippen LogP contribution in [-0.4, -0.2) is 12.1 Å². The molecule has 1 heterocycles. The zero-order chi connectivity index (χ0) is 9.68. The Balaban J connectivity index is 2.60. The summed E-state index contributed by atoms with van der Waals surface area (Å²) in [6, 6.07) is 3.71. The van der Waals surface area contributed by atoms with Crippen molar-refractivity contribution in [2.24, 2.45) is 5.10 Å². The molecule has 1 aromatic rings. The summed E-state index contributed by atoms with van der Waals surface area (Å²) in [5.41, 5.74) is 2.88. The summed E-state index contributed by atoms with van der Waals surface area (Å²) < 4.78 is 0. The maximum atomic E-state index is 10.4. The Morgan fingerprint density at radius 1 is 1.85 bits per heavy atom. The van der Waals surface area contributed by atoms with E-state index in [0.29, 0.717) is 5.56 Å². The number of nitrogens with one attached hydrogen (secondary N) is 1. The van der Waals surface area contributed by atoms with Crippen molar-refractivity contribution in [3.05, 3.63) is 21.9 Å². The van der Waals surface area contributed by atoms with Gasteiger partial charge in [-0.25, -0.2) is 5.43 Å². The molecule has 1 rings (SSSR count). The highest BCUT2D eigenvalue weighted by Crippen LogP contribution is 2.10. The van der Waals surface area contributed by atoms with Gasteiger partial charge in [-0.05, 0) is 6.07 Å². The number of hydrazone groups is 1. The lowest BCUT2D eigenvalue weighted by molar-refractivity contribution is -0.118. The molecule has 0 fully saturated rings. The Bertz CT molecular complexity index is 375. The van der Waals surface area contributed by atoms with E-state index in [9.17, 15) is 4.79 Å². The van der Waals surface area contributed by atoms with Gasteiger partial charge in [0.15, 0.2) is 0 Å². The maximum Gasteiger partial charge on any atom is 0.236 e. The number of hydrogen-bond acceptors (Lipinski definition) is 4. The molecule has 0 aliphatic rings. The van der Waals surface area contributed by atoms with Crippen LogP contribution in [0.1, 0.15) is 17.4 Å². The molecule has 0 unspecified atom stereocenters. The van der Waals surface area contributed by atoms with Crippen LogP contribution in [0, 0.1) is 11.3 Å². The highest BCUT2D eigenvalue weighted by Gasteiger charge is 1.94. The summed E-state index contributed by atoms with van der Waals surface area (Å²) in [7, 11) is 0. The number of amides is 1. The highest BCUT2D eigenvalue weighted by atomic mass is 32.1. The van der Waals surface area contributed by atoms with Gasteiger partial charge in [0.1, 0.15) is 6.07 Å². The SMILES string of the molecule is CC(=O)N/N=C/c1cc(C#N)cs1. The number of thiophene rings is 1. The molecule has 1 amide bonds. The largest absolute Gasteiger partial charge is 0.274 e. The number of nitriles is 1. The van der Waals surface area contributed by atoms with Gasteiger partial charge in [-0.15, -0.1) is 11.3 Å². The summed E-state index contributed by atoms with van der Waals surface area (Å²) in [5.74, 6) is -0.215. The summed E-state index contributed by atoms with van der Waals surface area (Å²) in [5, 5.41) is 13.9. The number of carbonyl (C=O) groups is 1. The topological polar surface area (TPSA) is 65.2 Å². The second kappa shape index (κ2) is 4.38. The van der Waals surface area contributed by atoms with Crippen molar-refractivity contribution in [3.63, 3.8) is 0 Å². The summed E-state index contributed by atoms with van der Waals surface area (Å²) in [6.07, 6.45) is 1.51. The molecule has 0 atom stereocenters. The summed E-state index contributed by atoms with van der Waals surface area (Å²) in [6.45, 7) is 1.38. The minimum absolute atomic E-state index is 0.215. The lowest BCUT2D eigenvalue weighted by Crippen LogP contribution is -2.11. The van der Waals surface area contributed by atoms with Gasteiger partial charge in [-0.1, -0.05) is 0 Å². The van der Waals surface area contributed by atoms with E-state index in [4.69, 9.17) is 5.26 Å². The first-order chi connectivity index (χ1) is 6.22. The van der Waals surface area contributed by atoms with Crippen LogP contribution in [0.3, 0.4) is 0 Å². The molecule has 0 bridgehead atoms. The molecule has 66 valence electrons. The van der Waals surface area contributed by atoms with E-state index in [-0.39, 0.29) is 5.91 Å². The zero-order valence-electron chi connectivity index (χ0n) is 6.94. The van der Waals surface area contributed by atoms with E-state index < -0.39 is 0 Å². The first-order valence-electron chi connectivity index (χ1n) is 3.50. The molecule has 0 spiro atoms. The molecule has 1 aromatic heterocycles. The second-order valence-electron chi connectivity index (χ2n) is 2.28. The lowest BCUT2D eigenvalue weighted by Gasteiger charge is -1.88. The van der Waals surface area contributed by atoms with Crippen LogP contribution >= 0.6 is 11.3 Å². The quantitative estimate of drug-likeness (QED) is 0.564. The Labute approximate surface area is 79.5 Å². The molecular formula is C8H7N3OS. The van der Waals surface area contributed by atoms with Gasteiger partial charge in [0.25, 0.3) is 0 Å². The van der Waals surface area contributed by atoms with Crippen LogP contribution in [0.4, 0.5) is 0 Å². The molecule has 1 N–H and O–H groups in total. The minimum atomic E-state index is -0.215. The molecule has 0 radical (unpaired) electrons. The van der Waals surface area contributed by atoms with Crippen molar-refractivity contribution in [1.29, 1.82) is 5.26 Å². The van der Waals surface area contributed by atoms with Crippen molar-refractivity contribution in [1.82, 2.24) is 5.43 Å². The van der Waals surface area contributed by atoms with Gasteiger partial charge >= 0.3 is 0 Å². The molecule has 0 aliphatic carbocycles. The fourth-order valence-corrected chi connectivity index (χ4v) is 1.36. The molecule has 0 aromatic carbocycles. The molecule has 13 heavy (non-hydrogen) atoms. The smallest absolute Gasteiger partial charge is 0.236 e. The molecule has 4 nitrogen and oxygen atoms in total. The van der Waals surface area contributed by atoms with Gasteiger partial charge in [-0.2, -0.15) is 10.4 Å². The van der Waals surface area contributed by atoms with E-state index >= 15 is 0 Å². The first kappa shape index (κ1) is 9.42. The van der Waals surface area contributed by atoms with Gasteiger partial charge in [0.2, 0.25) is 5.91 Å². The predicted molar refractivity (Wildman–Crippen MR) is 50.4 cm³/mol. The molecular weight excluding hydrogens is 186 g/mol. The molecule has 0 saturated heterocycles. The van der Waals surface area contributed by atoms with Crippen LogP contribution in [0.25, 0.3) is 0 Å². The standard InChI is InChI=1S/C8H7N3OS/c1-6(12)11-10-4-8-2-7(3-9)5-13-8/h2,4-5H,1H3,(H,11,12)/b10-4+. The van der Waals surface area contributed by atoms with Gasteiger partial charge in [0.05, 0.1) is 11.8 Å². The number of hydrogen-bond donors (Lipinski definition) is 1. The fraction of sp³-hybridized carbons (Fsp3) is 0.125. The van der Waals surface area contributed by atoms with Crippen molar-refractivity contribution < 1.29 is 4.79 Å². The Morgan fingerprint density at radius 2 is 2.62 bits per heavy atom. The molecule has 0 saturated carbocycles. The fourth-order valence-electron chi connectivity index (χ4n) is 0.666. The highest BCUT2D eigenvalue weighted by molar-refractivity contribution is 7.11. The lowest BCUT2D eigenvalue weighted by atomic mass is 10.3. The number of carbonyl (C=O) groups excluding carboxylic acids is 1. The van der Waals surface area contributed by atoms with Crippen LogP contribution in [0.5, 0.6) is 0 Å². The van der Waals surface area contributed by atoms with Crippen molar-refractivity contribution in [2.45, 2.75) is 6.92 Å². The third-order valence-electron chi connectivity index (χ3n) is 1.16. The van der Waals surface area contributed by atoms with Crippen LogP contribution in [-0.2, 0) is 4.79 Å². The van der Waals surface area contributed by atoms with Crippen LogP contribution in [0.2, 0.25) is 0 Å². The summed E-state index contributed by atoms with van der Waals surface area (Å²) in [4.78, 5) is 11.3. The van der Waals surface area contributed by atoms with E-state index in [1.54, 1.807) is 11.4 Å². The predicted octanol–water partition coefficient (Wildman–Crippen LogP) is 1.09. The second-order valence-corrected chi connectivity index (χ2v) is 3.22. The average Bonchev–Trinajstić information content (AvgIpc) is 2.52. The van der Waals surface area contributed by atoms with Gasteiger partial charge < -0.3 is 0 Å². The monoisotopic (exact) mass is 193 g/mol. The number of nitrogens with zero attached hydrogens (tertiary/aromatic N) is 2. The van der Waals surface area contributed by atoms with Crippen molar-refractivity contribution >= 4 is 23.5 Å². The van der Waals surface area contributed by atoms with E-state index in [0.717, 1.165) is 4.88 Å². The Kier molecular flexibility index (Phi) is 3.17. The Hall–Kier alpha value is -1.67. The van der Waals surface area contributed by atoms with Gasteiger partial charge in [-0.3, -0.25) is 4.79 Å². The molecule has 5 heteroatoms. The van der Waals surface area contributed by atoms with Gasteiger partial charge in [0, 0.05) is 17.2 Å². The third kappa shape index (κ3) is 3.05. The van der Waals surface area contributed by atoms with Crippen LogP contribution in [0.15, 0.2) is 16.5 Å². The van der Waals surface area contributed by atoms with Crippen LogP contribution < -0.4 is 5.43 Å². The summed E-state index contributed by atoms with van der Waals surface area (Å²) >= 11 is 1.40. The van der Waals surface area contributed by atoms with Crippen molar-refractivity contribution in [2.75, 3.05) is 0 Å². The first-order valence-corrected chi connectivity index (χ1v) is 4.38.